The molecule has 0 aliphatic carbocycles. The summed E-state index contributed by atoms with van der Waals surface area (Å²) in [5.41, 5.74) is -0.518. The van der Waals surface area contributed by atoms with Crippen LogP contribution >= 0.6 is 11.6 Å². The van der Waals surface area contributed by atoms with Crippen LogP contribution in [0.2, 0.25) is 5.28 Å². The van der Waals surface area contributed by atoms with Gasteiger partial charge in [0, 0.05) is 18.5 Å². The first-order chi connectivity index (χ1) is 13.4. The van der Waals surface area contributed by atoms with Crippen molar-refractivity contribution in [1.82, 2.24) is 15.0 Å². The largest absolute Gasteiger partial charge is 0.416 e. The second kappa shape index (κ2) is 12.5. The lowest BCUT2D eigenvalue weighted by molar-refractivity contribution is -0.137. The number of benzene rings is 1. The Morgan fingerprint density at radius 3 is 2.03 bits per heavy atom. The zero-order chi connectivity index (χ0) is 22.7. The Morgan fingerprint density at radius 1 is 0.966 bits per heavy atom. The molecule has 0 amide bonds. The molecule has 0 atom stereocenters. The molecule has 1 aromatic carbocycles. The van der Waals surface area contributed by atoms with Crippen molar-refractivity contribution in [3.05, 3.63) is 40.9 Å². The second-order valence-corrected chi connectivity index (χ2v) is 5.60. The molecule has 0 fully saturated rings. The molecular weight excluding hydrogens is 422 g/mol. The van der Waals surface area contributed by atoms with Crippen LogP contribution in [-0.4, -0.2) is 21.1 Å². The van der Waals surface area contributed by atoms with Gasteiger partial charge in [-0.3, -0.25) is 0 Å². The quantitative estimate of drug-likeness (QED) is 0.505. The van der Waals surface area contributed by atoms with Gasteiger partial charge in [0.2, 0.25) is 11.2 Å². The molecule has 29 heavy (non-hydrogen) atoms. The van der Waals surface area contributed by atoms with Crippen LogP contribution in [0.25, 0.3) is 0 Å². The maximum absolute atomic E-state index is 12.6. The number of aromatic nitrogens is 3. The van der Waals surface area contributed by atoms with E-state index < -0.39 is 24.3 Å². The molecule has 0 spiro atoms. The van der Waals surface area contributed by atoms with Gasteiger partial charge in [0.05, 0.1) is 5.56 Å². The monoisotopic (exact) mass is 444 g/mol. The highest BCUT2D eigenvalue weighted by atomic mass is 35.5. The number of hydrogen-bond donors (Lipinski definition) is 1. The highest BCUT2D eigenvalue weighted by Crippen LogP contribution is 2.31. The van der Waals surface area contributed by atoms with Gasteiger partial charge >= 0.3 is 12.4 Å². The molecule has 0 bridgehead atoms. The molecule has 2 aromatic rings. The molecule has 164 valence electrons. The maximum atomic E-state index is 12.6. The number of rotatable bonds is 4. The van der Waals surface area contributed by atoms with Crippen molar-refractivity contribution in [3.8, 4) is 0 Å². The normalized spacial score (nSPS) is 11.0. The average Bonchev–Trinajstić information content (AvgIpc) is 2.63. The summed E-state index contributed by atoms with van der Waals surface area (Å²) in [4.78, 5) is 11.9. The molecule has 0 saturated carbocycles. The minimum Gasteiger partial charge on any atom is -0.324 e. The van der Waals surface area contributed by atoms with Crippen LogP contribution in [0, 0.1) is 0 Å². The molecule has 0 saturated heterocycles. The zero-order valence-electron chi connectivity index (χ0n) is 16.4. The van der Waals surface area contributed by atoms with Gasteiger partial charge in [0.1, 0.15) is 5.82 Å². The van der Waals surface area contributed by atoms with E-state index in [-0.39, 0.29) is 16.9 Å². The van der Waals surface area contributed by atoms with Gasteiger partial charge in [-0.2, -0.15) is 36.3 Å². The van der Waals surface area contributed by atoms with Crippen LogP contribution in [0.4, 0.5) is 38.0 Å². The number of anilines is 2. The molecule has 0 unspecified atom stereocenters. The molecule has 0 aliphatic heterocycles. The summed E-state index contributed by atoms with van der Waals surface area (Å²) in [5, 5.41) is 2.71. The Morgan fingerprint density at radius 2 is 1.55 bits per heavy atom. The smallest absolute Gasteiger partial charge is 0.324 e. The highest BCUT2D eigenvalue weighted by Gasteiger charge is 2.30. The predicted molar refractivity (Wildman–Crippen MR) is 101 cm³/mol. The maximum Gasteiger partial charge on any atom is 0.416 e. The van der Waals surface area contributed by atoms with E-state index in [1.807, 2.05) is 20.8 Å². The first-order valence-corrected chi connectivity index (χ1v) is 9.24. The van der Waals surface area contributed by atoms with E-state index in [0.29, 0.717) is 12.2 Å². The summed E-state index contributed by atoms with van der Waals surface area (Å²) in [6.07, 6.45) is -7.66. The number of nitrogens with zero attached hydrogens (tertiary/aromatic N) is 3. The van der Waals surface area contributed by atoms with Crippen molar-refractivity contribution in [2.75, 3.05) is 5.32 Å². The van der Waals surface area contributed by atoms with E-state index in [1.165, 1.54) is 12.1 Å². The van der Waals surface area contributed by atoms with Crippen molar-refractivity contribution >= 4 is 23.2 Å². The van der Waals surface area contributed by atoms with Gasteiger partial charge in [0.15, 0.2) is 0 Å². The zero-order valence-corrected chi connectivity index (χ0v) is 17.2. The Balaban J connectivity index is 0.000000841. The summed E-state index contributed by atoms with van der Waals surface area (Å²) in [6, 6.07) is 4.78. The lowest BCUT2D eigenvalue weighted by atomic mass is 10.2. The van der Waals surface area contributed by atoms with Crippen molar-refractivity contribution < 1.29 is 26.3 Å². The van der Waals surface area contributed by atoms with Gasteiger partial charge in [-0.25, -0.2) is 4.98 Å². The summed E-state index contributed by atoms with van der Waals surface area (Å²) >= 11 is 5.77. The molecular formula is C18H23ClF6N4. The van der Waals surface area contributed by atoms with Gasteiger partial charge in [0.25, 0.3) is 0 Å². The van der Waals surface area contributed by atoms with Crippen LogP contribution in [0.5, 0.6) is 0 Å². The lowest BCUT2D eigenvalue weighted by Gasteiger charge is -2.10. The fraction of sp³-hybridized carbons (Fsp3) is 0.500. The molecule has 2 rings (SSSR count). The van der Waals surface area contributed by atoms with Crippen LogP contribution < -0.4 is 5.32 Å². The third kappa shape index (κ3) is 11.5. The third-order valence-corrected chi connectivity index (χ3v) is 3.14. The Kier molecular flexibility index (Phi) is 11.6. The van der Waals surface area contributed by atoms with Gasteiger partial charge < -0.3 is 5.32 Å². The molecule has 0 aliphatic rings. The van der Waals surface area contributed by atoms with E-state index in [4.69, 9.17) is 11.6 Å². The first-order valence-electron chi connectivity index (χ1n) is 8.86. The number of nitrogens with one attached hydrogen (secondary N) is 1. The summed E-state index contributed by atoms with van der Waals surface area (Å²) in [6.45, 7) is 7.04. The third-order valence-electron chi connectivity index (χ3n) is 2.97. The van der Waals surface area contributed by atoms with Crippen molar-refractivity contribution in [2.45, 2.75) is 59.3 Å². The first kappa shape index (κ1) is 26.9. The number of hydrogen-bond acceptors (Lipinski definition) is 4. The van der Waals surface area contributed by atoms with Crippen LogP contribution in [-0.2, 0) is 12.6 Å². The van der Waals surface area contributed by atoms with Crippen molar-refractivity contribution in [2.24, 2.45) is 0 Å². The molecule has 0 radical (unpaired) electrons. The minimum absolute atomic E-state index is 0.00271. The molecule has 11 heteroatoms. The Bertz CT molecular complexity index is 735. The van der Waals surface area contributed by atoms with Crippen molar-refractivity contribution in [1.29, 1.82) is 0 Å². The molecule has 1 heterocycles. The van der Waals surface area contributed by atoms with Gasteiger partial charge in [-0.05, 0) is 36.2 Å². The fourth-order valence-corrected chi connectivity index (χ4v) is 1.86. The van der Waals surface area contributed by atoms with Crippen LogP contribution in [0.3, 0.4) is 0 Å². The average molecular weight is 445 g/mol. The van der Waals surface area contributed by atoms with E-state index in [1.54, 1.807) is 0 Å². The topological polar surface area (TPSA) is 50.7 Å². The number of halogens is 7. The lowest BCUT2D eigenvalue weighted by Crippen LogP contribution is -2.07. The highest BCUT2D eigenvalue weighted by molar-refractivity contribution is 6.28. The molecule has 4 nitrogen and oxygen atoms in total. The van der Waals surface area contributed by atoms with E-state index >= 15 is 0 Å². The Hall–Kier alpha value is -2.10. The second-order valence-electron chi connectivity index (χ2n) is 5.27. The summed E-state index contributed by atoms with van der Waals surface area (Å²) in [5.74, 6) is 0.616. The minimum atomic E-state index is -4.40. The Labute approximate surface area is 170 Å². The van der Waals surface area contributed by atoms with E-state index in [9.17, 15) is 26.3 Å². The van der Waals surface area contributed by atoms with Crippen molar-refractivity contribution in [3.63, 3.8) is 0 Å². The van der Waals surface area contributed by atoms with Gasteiger partial charge in [-0.1, -0.05) is 33.8 Å². The van der Waals surface area contributed by atoms with E-state index in [2.05, 4.69) is 20.3 Å². The van der Waals surface area contributed by atoms with Crippen LogP contribution in [0.15, 0.2) is 24.3 Å². The molecule has 1 aromatic heterocycles. The molecule has 1 N–H and O–H groups in total. The van der Waals surface area contributed by atoms with E-state index in [0.717, 1.165) is 25.5 Å². The predicted octanol–water partition coefficient (Wildman–Crippen LogP) is 7.22. The fourth-order valence-electron chi connectivity index (χ4n) is 1.68. The number of alkyl halides is 6. The summed E-state index contributed by atoms with van der Waals surface area (Å²) in [7, 11) is 0. The van der Waals surface area contributed by atoms with Gasteiger partial charge in [-0.15, -0.1) is 0 Å². The standard InChI is InChI=1S/C13H12ClF3N4.C3H5F3.C2H6/c1-2-4-10-19-11(14)21-12(20-10)18-9-6-3-5-8(7-9)13(15,16)17;1-2-3(4,5)6;1-2/h3,5-7H,2,4H2,1H3,(H,18,19,20,21);2H2,1H3;1-2H3. The SMILES string of the molecule is CC.CCC(F)(F)F.CCCc1nc(Cl)nc(Nc2cccc(C(F)(F)F)c2)n1. The van der Waals surface area contributed by atoms with Crippen LogP contribution in [0.1, 0.15) is 51.9 Å². The summed E-state index contributed by atoms with van der Waals surface area (Å²) < 4.78 is 70.3. The number of aryl methyl sites for hydroxylation is 1.